The maximum atomic E-state index is 12.8. The minimum Gasteiger partial charge on any atom is -0.497 e. The minimum atomic E-state index is -3.71. The minimum absolute atomic E-state index is 0.0973. The molecule has 3 rings (SSSR count). The van der Waals surface area contributed by atoms with E-state index in [1.165, 1.54) is 35.7 Å². The summed E-state index contributed by atoms with van der Waals surface area (Å²) < 4.78 is 36.7. The number of hydrogen-bond acceptors (Lipinski definition) is 6. The third-order valence-electron chi connectivity index (χ3n) is 4.78. The second-order valence-electron chi connectivity index (χ2n) is 6.44. The lowest BCUT2D eigenvalue weighted by Crippen LogP contribution is -2.50. The quantitative estimate of drug-likeness (QED) is 0.685. The fourth-order valence-corrected chi connectivity index (χ4v) is 4.50. The zero-order chi connectivity index (χ0) is 21.0. The summed E-state index contributed by atoms with van der Waals surface area (Å²) in [6.07, 6.45) is 0. The topological polar surface area (TPSA) is 93.2 Å². The van der Waals surface area contributed by atoms with Gasteiger partial charge in [-0.3, -0.25) is 4.79 Å². The molecule has 1 aliphatic heterocycles. The van der Waals surface area contributed by atoms with Crippen LogP contribution in [0.25, 0.3) is 0 Å². The fourth-order valence-electron chi connectivity index (χ4n) is 3.08. The van der Waals surface area contributed by atoms with Crippen LogP contribution < -0.4 is 4.74 Å². The van der Waals surface area contributed by atoms with Crippen molar-refractivity contribution in [3.8, 4) is 5.75 Å². The van der Waals surface area contributed by atoms with E-state index >= 15 is 0 Å². The van der Waals surface area contributed by atoms with Crippen molar-refractivity contribution >= 4 is 21.9 Å². The molecule has 8 nitrogen and oxygen atoms in total. The van der Waals surface area contributed by atoms with Crippen LogP contribution in [-0.2, 0) is 14.8 Å². The molecule has 0 N–H and O–H groups in total. The van der Waals surface area contributed by atoms with Crippen molar-refractivity contribution in [3.05, 3.63) is 59.7 Å². The monoisotopic (exact) mass is 418 g/mol. The highest BCUT2D eigenvalue weighted by Crippen LogP contribution is 2.20. The first-order valence-electron chi connectivity index (χ1n) is 8.98. The Balaban J connectivity index is 1.65. The van der Waals surface area contributed by atoms with Gasteiger partial charge in [-0.25, -0.2) is 13.2 Å². The molecule has 0 aromatic heterocycles. The number of rotatable bonds is 5. The second kappa shape index (κ2) is 8.62. The summed E-state index contributed by atoms with van der Waals surface area (Å²) in [6, 6.07) is 12.4. The van der Waals surface area contributed by atoms with Crippen molar-refractivity contribution in [1.29, 1.82) is 0 Å². The summed E-state index contributed by atoms with van der Waals surface area (Å²) in [5.41, 5.74) is 0.807. The largest absolute Gasteiger partial charge is 0.497 e. The van der Waals surface area contributed by atoms with Gasteiger partial charge < -0.3 is 14.4 Å². The number of carbonyl (C=O) groups excluding carboxylic acids is 2. The smallest absolute Gasteiger partial charge is 0.337 e. The number of carbonyl (C=O) groups is 2. The van der Waals surface area contributed by atoms with Crippen LogP contribution in [-0.4, -0.2) is 69.9 Å². The predicted molar refractivity (Wildman–Crippen MR) is 105 cm³/mol. The van der Waals surface area contributed by atoms with E-state index in [0.29, 0.717) is 24.4 Å². The van der Waals surface area contributed by atoms with Gasteiger partial charge in [0, 0.05) is 31.7 Å². The number of esters is 1. The Labute approximate surface area is 169 Å². The van der Waals surface area contributed by atoms with E-state index in [1.807, 2.05) is 0 Å². The Morgan fingerprint density at radius 3 is 1.90 bits per heavy atom. The van der Waals surface area contributed by atoms with Gasteiger partial charge in [-0.05, 0) is 48.5 Å². The summed E-state index contributed by atoms with van der Waals surface area (Å²) in [6.45, 7) is 0.987. The standard InChI is InChI=1S/C20H22N2O6S/c1-27-17-7-3-15(4-8-17)19(23)21-11-13-22(14-12-21)29(25,26)18-9-5-16(6-10-18)20(24)28-2/h3-10H,11-14H2,1-2H3. The molecule has 9 heteroatoms. The number of benzene rings is 2. The first-order chi connectivity index (χ1) is 13.9. The van der Waals surface area contributed by atoms with E-state index in [1.54, 1.807) is 36.3 Å². The maximum absolute atomic E-state index is 12.8. The molecule has 0 saturated carbocycles. The average molecular weight is 418 g/mol. The lowest BCUT2D eigenvalue weighted by molar-refractivity contribution is 0.0600. The molecular weight excluding hydrogens is 396 g/mol. The van der Waals surface area contributed by atoms with E-state index in [-0.39, 0.29) is 29.5 Å². The van der Waals surface area contributed by atoms with Gasteiger partial charge in [-0.2, -0.15) is 4.31 Å². The van der Waals surface area contributed by atoms with Crippen molar-refractivity contribution < 1.29 is 27.5 Å². The molecule has 1 heterocycles. The zero-order valence-corrected chi connectivity index (χ0v) is 17.0. The predicted octanol–water partition coefficient (Wildman–Crippen LogP) is 1.63. The lowest BCUT2D eigenvalue weighted by atomic mass is 10.2. The molecule has 0 aliphatic carbocycles. The Bertz CT molecular complexity index is 979. The molecule has 154 valence electrons. The molecule has 1 fully saturated rings. The number of hydrogen-bond donors (Lipinski definition) is 0. The fraction of sp³-hybridized carbons (Fsp3) is 0.300. The van der Waals surface area contributed by atoms with Gasteiger partial charge in [0.2, 0.25) is 10.0 Å². The second-order valence-corrected chi connectivity index (χ2v) is 8.38. The van der Waals surface area contributed by atoms with Crippen molar-refractivity contribution in [2.24, 2.45) is 0 Å². The highest BCUT2D eigenvalue weighted by molar-refractivity contribution is 7.89. The van der Waals surface area contributed by atoms with Gasteiger partial charge in [0.25, 0.3) is 5.91 Å². The number of methoxy groups -OCH3 is 2. The van der Waals surface area contributed by atoms with Crippen LogP contribution >= 0.6 is 0 Å². The molecule has 0 unspecified atom stereocenters. The molecule has 0 bridgehead atoms. The molecule has 0 radical (unpaired) electrons. The Hall–Kier alpha value is -2.91. The average Bonchev–Trinajstić information content (AvgIpc) is 2.78. The normalized spacial score (nSPS) is 15.0. The van der Waals surface area contributed by atoms with Gasteiger partial charge in [-0.15, -0.1) is 0 Å². The molecule has 1 aliphatic rings. The Morgan fingerprint density at radius 1 is 0.828 bits per heavy atom. The highest BCUT2D eigenvalue weighted by Gasteiger charge is 2.30. The summed E-state index contributed by atoms with van der Waals surface area (Å²) in [4.78, 5) is 25.9. The molecular formula is C20H22N2O6S. The van der Waals surface area contributed by atoms with Gasteiger partial charge >= 0.3 is 5.97 Å². The first kappa shape index (κ1) is 20.8. The van der Waals surface area contributed by atoms with Gasteiger partial charge in [0.05, 0.1) is 24.7 Å². The van der Waals surface area contributed by atoms with E-state index in [4.69, 9.17) is 4.74 Å². The van der Waals surface area contributed by atoms with E-state index in [9.17, 15) is 18.0 Å². The van der Waals surface area contributed by atoms with Crippen molar-refractivity contribution in [2.75, 3.05) is 40.4 Å². The number of amides is 1. The van der Waals surface area contributed by atoms with E-state index in [0.717, 1.165) is 0 Å². The van der Waals surface area contributed by atoms with Crippen molar-refractivity contribution in [1.82, 2.24) is 9.21 Å². The van der Waals surface area contributed by atoms with Gasteiger partial charge in [0.15, 0.2) is 0 Å². The van der Waals surface area contributed by atoms with Crippen LogP contribution in [0.5, 0.6) is 5.75 Å². The number of sulfonamides is 1. The lowest BCUT2D eigenvalue weighted by Gasteiger charge is -2.34. The third kappa shape index (κ3) is 4.41. The van der Waals surface area contributed by atoms with Crippen LogP contribution in [0.15, 0.2) is 53.4 Å². The van der Waals surface area contributed by atoms with Gasteiger partial charge in [-0.1, -0.05) is 0 Å². The van der Waals surface area contributed by atoms with Crippen molar-refractivity contribution in [3.63, 3.8) is 0 Å². The number of ether oxygens (including phenoxy) is 2. The summed E-state index contributed by atoms with van der Waals surface area (Å²) in [5.74, 6) is -0.0116. The van der Waals surface area contributed by atoms with Crippen LogP contribution in [0.3, 0.4) is 0 Å². The molecule has 29 heavy (non-hydrogen) atoms. The summed E-state index contributed by atoms with van der Waals surface area (Å²) in [7, 11) is -0.889. The van der Waals surface area contributed by atoms with Gasteiger partial charge in [0.1, 0.15) is 5.75 Å². The molecule has 1 saturated heterocycles. The number of nitrogens with zero attached hydrogens (tertiary/aromatic N) is 2. The summed E-state index contributed by atoms with van der Waals surface area (Å²) >= 11 is 0. The molecule has 2 aromatic carbocycles. The molecule has 0 spiro atoms. The Kier molecular flexibility index (Phi) is 6.19. The van der Waals surface area contributed by atoms with Crippen LogP contribution in [0.2, 0.25) is 0 Å². The SMILES string of the molecule is COC(=O)c1ccc(S(=O)(=O)N2CCN(C(=O)c3ccc(OC)cc3)CC2)cc1. The Morgan fingerprint density at radius 2 is 1.38 bits per heavy atom. The van der Waals surface area contributed by atoms with Crippen LogP contribution in [0.4, 0.5) is 0 Å². The molecule has 2 aromatic rings. The first-order valence-corrected chi connectivity index (χ1v) is 10.4. The summed E-state index contributed by atoms with van der Waals surface area (Å²) in [5, 5.41) is 0. The molecule has 1 amide bonds. The van der Waals surface area contributed by atoms with Crippen LogP contribution in [0, 0.1) is 0 Å². The zero-order valence-electron chi connectivity index (χ0n) is 16.2. The third-order valence-corrected chi connectivity index (χ3v) is 6.69. The number of piperazine rings is 1. The van der Waals surface area contributed by atoms with Crippen molar-refractivity contribution in [2.45, 2.75) is 4.90 Å². The maximum Gasteiger partial charge on any atom is 0.337 e. The van der Waals surface area contributed by atoms with E-state index < -0.39 is 16.0 Å². The highest BCUT2D eigenvalue weighted by atomic mass is 32.2. The molecule has 0 atom stereocenters. The van der Waals surface area contributed by atoms with Crippen LogP contribution in [0.1, 0.15) is 20.7 Å². The van der Waals surface area contributed by atoms with E-state index in [2.05, 4.69) is 4.74 Å².